The van der Waals surface area contributed by atoms with Crippen molar-refractivity contribution in [1.29, 1.82) is 0 Å². The first kappa shape index (κ1) is 16.9. The Hall–Kier alpha value is 1.06. The zero-order valence-electron chi connectivity index (χ0n) is 13.7. The van der Waals surface area contributed by atoms with Crippen molar-refractivity contribution >= 4 is 8.32 Å². The monoisotopic (exact) mass is 383 g/mol. The van der Waals surface area contributed by atoms with Crippen molar-refractivity contribution < 1.29 is 27.7 Å². The molecule has 0 unspecified atom stereocenters. The Kier molecular flexibility index (Phi) is 6.64. The molecular formula is C18H33OSiZr. The van der Waals surface area contributed by atoms with Crippen molar-refractivity contribution in [2.24, 2.45) is 0 Å². The molecule has 0 aliphatic heterocycles. The molecule has 3 fully saturated rings. The van der Waals surface area contributed by atoms with Gasteiger partial charge in [0.1, 0.15) is 0 Å². The topological polar surface area (TPSA) is 9.23 Å². The first-order valence-electron chi connectivity index (χ1n) is 9.72. The summed E-state index contributed by atoms with van der Waals surface area (Å²) in [5, 5.41) is 0. The summed E-state index contributed by atoms with van der Waals surface area (Å²) in [6, 6.07) is 0. The summed E-state index contributed by atoms with van der Waals surface area (Å²) < 4.78 is 6.79. The van der Waals surface area contributed by atoms with Gasteiger partial charge in [-0.1, -0.05) is 0 Å². The van der Waals surface area contributed by atoms with Gasteiger partial charge in [0.15, 0.2) is 0 Å². The summed E-state index contributed by atoms with van der Waals surface area (Å²) in [5.74, 6) is 0. The number of hydrogen-bond acceptors (Lipinski definition) is 1. The average Bonchev–Trinajstić information content (AvgIpc) is 2.59. The van der Waals surface area contributed by atoms with Crippen LogP contribution in [0, 0.1) is 0 Å². The first-order chi connectivity index (χ1) is 10.4. The van der Waals surface area contributed by atoms with E-state index in [-0.39, 0.29) is 0 Å². The Bertz CT molecular complexity index is 259. The van der Waals surface area contributed by atoms with Gasteiger partial charge in [0.05, 0.1) is 0 Å². The number of rotatable bonds is 4. The van der Waals surface area contributed by atoms with Crippen molar-refractivity contribution in [3.63, 3.8) is 0 Å². The molecule has 0 atom stereocenters. The summed E-state index contributed by atoms with van der Waals surface area (Å²) in [4.78, 5) is 0. The van der Waals surface area contributed by atoms with Crippen LogP contribution in [0.2, 0.25) is 16.6 Å². The summed E-state index contributed by atoms with van der Waals surface area (Å²) in [6.07, 6.45) is 22.6. The molecule has 3 rings (SSSR count). The molecule has 21 heavy (non-hydrogen) atoms. The molecule has 0 aromatic carbocycles. The van der Waals surface area contributed by atoms with Gasteiger partial charge < -0.3 is 0 Å². The summed E-state index contributed by atoms with van der Waals surface area (Å²) >= 11 is 1.40. The van der Waals surface area contributed by atoms with Crippen LogP contribution < -0.4 is 0 Å². The van der Waals surface area contributed by atoms with E-state index >= 15 is 0 Å². The number of hydrogen-bond donors (Lipinski definition) is 0. The molecule has 3 aliphatic carbocycles. The van der Waals surface area contributed by atoms with Crippen LogP contribution in [0.3, 0.4) is 0 Å². The third-order valence-electron chi connectivity index (χ3n) is 6.91. The fraction of sp³-hybridized carbons (Fsp3) is 1.00. The normalized spacial score (nSPS) is 27.8. The Labute approximate surface area is 148 Å². The van der Waals surface area contributed by atoms with E-state index < -0.39 is 8.32 Å². The van der Waals surface area contributed by atoms with Crippen molar-refractivity contribution in [1.82, 2.24) is 0 Å². The van der Waals surface area contributed by atoms with Crippen molar-refractivity contribution in [3.05, 3.63) is 0 Å². The van der Waals surface area contributed by atoms with Crippen LogP contribution in [0.25, 0.3) is 0 Å². The van der Waals surface area contributed by atoms with E-state index in [2.05, 4.69) is 0 Å². The van der Waals surface area contributed by atoms with Gasteiger partial charge in [0, 0.05) is 0 Å². The van der Waals surface area contributed by atoms with Crippen LogP contribution in [0.15, 0.2) is 0 Å². The fourth-order valence-corrected chi connectivity index (χ4v) is 16.0. The van der Waals surface area contributed by atoms with E-state index in [1.165, 1.54) is 121 Å². The van der Waals surface area contributed by atoms with Gasteiger partial charge in [-0.05, 0) is 0 Å². The molecule has 3 saturated carbocycles. The SMILES string of the molecule is [Zr][O][Si](C1CCCCC1)(C1CCCCC1)C1CCCCC1. The molecule has 3 heteroatoms. The standard InChI is InChI=1S/C18H33OSi.Zr/c19-20(16-10-4-1-5-11-16,17-12-6-2-7-13-17)18-14-8-3-9-15-18;/h16-18H,1-15H2;/q-1;+1. The van der Waals surface area contributed by atoms with Crippen molar-refractivity contribution in [2.75, 3.05) is 0 Å². The van der Waals surface area contributed by atoms with Gasteiger partial charge in [-0.15, -0.1) is 0 Å². The maximum absolute atomic E-state index is 6.79. The van der Waals surface area contributed by atoms with Crippen LogP contribution >= 0.6 is 0 Å². The zero-order chi connectivity index (χ0) is 14.5. The zero-order valence-corrected chi connectivity index (χ0v) is 17.2. The van der Waals surface area contributed by atoms with Gasteiger partial charge in [0.2, 0.25) is 0 Å². The second-order valence-electron chi connectivity index (χ2n) is 7.96. The van der Waals surface area contributed by atoms with E-state index in [9.17, 15) is 0 Å². The van der Waals surface area contributed by atoms with E-state index in [0.29, 0.717) is 0 Å². The summed E-state index contributed by atoms with van der Waals surface area (Å²) in [6.45, 7) is 0. The van der Waals surface area contributed by atoms with Gasteiger partial charge in [-0.2, -0.15) is 0 Å². The molecular weight excluding hydrogens is 352 g/mol. The van der Waals surface area contributed by atoms with Crippen LogP contribution in [0.4, 0.5) is 0 Å². The Morgan fingerprint density at radius 1 is 0.524 bits per heavy atom. The van der Waals surface area contributed by atoms with Crippen LogP contribution in [0.5, 0.6) is 0 Å². The second-order valence-corrected chi connectivity index (χ2v) is 13.8. The first-order valence-corrected chi connectivity index (χ1v) is 12.9. The minimum absolute atomic E-state index is 1.02. The Balaban J connectivity index is 1.85. The second kappa shape index (κ2) is 8.25. The third kappa shape index (κ3) is 3.61. The van der Waals surface area contributed by atoms with Gasteiger partial charge in [0.25, 0.3) is 0 Å². The van der Waals surface area contributed by atoms with Gasteiger partial charge in [-0.25, -0.2) is 0 Å². The molecule has 0 bridgehead atoms. The summed E-state index contributed by atoms with van der Waals surface area (Å²) in [5.41, 5.74) is 3.07. The predicted molar refractivity (Wildman–Crippen MR) is 87.3 cm³/mol. The molecule has 0 aromatic rings. The Morgan fingerprint density at radius 3 is 1.05 bits per heavy atom. The Morgan fingerprint density at radius 2 is 0.810 bits per heavy atom. The summed E-state index contributed by atoms with van der Waals surface area (Å²) in [7, 11) is -1.53. The quantitative estimate of drug-likeness (QED) is 0.509. The van der Waals surface area contributed by atoms with Gasteiger partial charge >= 0.3 is 149 Å². The van der Waals surface area contributed by atoms with E-state index in [4.69, 9.17) is 2.50 Å². The maximum atomic E-state index is 6.79. The molecule has 1 nitrogen and oxygen atoms in total. The van der Waals surface area contributed by atoms with Crippen molar-refractivity contribution in [3.8, 4) is 0 Å². The van der Waals surface area contributed by atoms with E-state index in [1.807, 2.05) is 0 Å². The van der Waals surface area contributed by atoms with Crippen LogP contribution in [-0.4, -0.2) is 8.32 Å². The molecule has 0 heterocycles. The van der Waals surface area contributed by atoms with Crippen LogP contribution in [-0.2, 0) is 27.7 Å². The van der Waals surface area contributed by atoms with Crippen molar-refractivity contribution in [2.45, 2.75) is 113 Å². The van der Waals surface area contributed by atoms with E-state index in [0.717, 1.165) is 16.6 Å². The molecule has 3 aliphatic rings. The van der Waals surface area contributed by atoms with Gasteiger partial charge in [-0.3, -0.25) is 0 Å². The molecule has 0 saturated heterocycles. The van der Waals surface area contributed by atoms with E-state index in [1.54, 1.807) is 0 Å². The molecule has 0 amide bonds. The average molecular weight is 385 g/mol. The van der Waals surface area contributed by atoms with Crippen LogP contribution in [0.1, 0.15) is 96.3 Å². The molecule has 119 valence electrons. The minimum atomic E-state index is -1.53. The molecule has 0 N–H and O–H groups in total. The predicted octanol–water partition coefficient (Wildman–Crippen LogP) is 6.41. The molecule has 0 spiro atoms. The molecule has 0 radical (unpaired) electrons. The fourth-order valence-electron chi connectivity index (χ4n) is 5.91. The third-order valence-corrected chi connectivity index (χ3v) is 15.4. The molecule has 0 aromatic heterocycles.